The first-order valence-corrected chi connectivity index (χ1v) is 7.32. The van der Waals surface area contributed by atoms with E-state index in [0.717, 1.165) is 16.9 Å². The Hall–Kier alpha value is -2.47. The van der Waals surface area contributed by atoms with E-state index < -0.39 is 0 Å². The molecule has 0 saturated carbocycles. The molecule has 2 heterocycles. The molecule has 0 fully saturated rings. The van der Waals surface area contributed by atoms with Crippen molar-refractivity contribution in [2.24, 2.45) is 0 Å². The summed E-state index contributed by atoms with van der Waals surface area (Å²) in [6.45, 7) is 3.87. The van der Waals surface area contributed by atoms with Gasteiger partial charge in [0.25, 0.3) is 0 Å². The quantitative estimate of drug-likeness (QED) is 0.789. The molecule has 0 radical (unpaired) electrons. The number of anilines is 1. The first kappa shape index (κ1) is 13.5. The van der Waals surface area contributed by atoms with Crippen LogP contribution in [0.25, 0.3) is 17.1 Å². The van der Waals surface area contributed by atoms with Gasteiger partial charge in [0, 0.05) is 17.1 Å². The highest BCUT2D eigenvalue weighted by Gasteiger charge is 2.13. The van der Waals surface area contributed by atoms with E-state index in [-0.39, 0.29) is 5.43 Å². The number of aromatic nitrogens is 3. The van der Waals surface area contributed by atoms with Gasteiger partial charge >= 0.3 is 0 Å². The Balaban J connectivity index is 2.24. The van der Waals surface area contributed by atoms with E-state index in [2.05, 4.69) is 10.1 Å². The van der Waals surface area contributed by atoms with Gasteiger partial charge in [-0.3, -0.25) is 4.79 Å². The van der Waals surface area contributed by atoms with Crippen LogP contribution < -0.4 is 11.2 Å². The third kappa shape index (κ3) is 2.45. The van der Waals surface area contributed by atoms with Crippen molar-refractivity contribution in [1.82, 2.24) is 14.8 Å². The maximum Gasteiger partial charge on any atom is 0.210 e. The predicted octanol–water partition coefficient (Wildman–Crippen LogP) is 2.56. The standard InChI is InChI=1S/C15H14N4OS/c1-9-5-3-4-6-12(9)19-10(2)7-13(20)14(18-19)11-8-21-15(16)17-11/h3-8H,1-2H3,(H2,16,17). The third-order valence-electron chi connectivity index (χ3n) is 3.22. The lowest BCUT2D eigenvalue weighted by Crippen LogP contribution is -2.16. The summed E-state index contributed by atoms with van der Waals surface area (Å²) >= 11 is 1.30. The summed E-state index contributed by atoms with van der Waals surface area (Å²) in [5.74, 6) is 0. The maximum atomic E-state index is 12.2. The summed E-state index contributed by atoms with van der Waals surface area (Å²) in [5.41, 5.74) is 9.13. The van der Waals surface area contributed by atoms with Gasteiger partial charge in [0.15, 0.2) is 10.8 Å². The van der Waals surface area contributed by atoms with E-state index in [4.69, 9.17) is 5.73 Å². The molecule has 3 rings (SSSR count). The Morgan fingerprint density at radius 2 is 2.00 bits per heavy atom. The van der Waals surface area contributed by atoms with Gasteiger partial charge in [0.05, 0.1) is 5.69 Å². The van der Waals surface area contributed by atoms with Crippen molar-refractivity contribution < 1.29 is 0 Å². The van der Waals surface area contributed by atoms with Crippen molar-refractivity contribution >= 4 is 16.5 Å². The van der Waals surface area contributed by atoms with Crippen LogP contribution in [0.15, 0.2) is 40.5 Å². The van der Waals surface area contributed by atoms with Crippen LogP contribution in [0.3, 0.4) is 0 Å². The van der Waals surface area contributed by atoms with Crippen LogP contribution in [0.2, 0.25) is 0 Å². The van der Waals surface area contributed by atoms with Crippen molar-refractivity contribution in [2.75, 3.05) is 5.73 Å². The number of nitrogens with two attached hydrogens (primary N) is 1. The highest BCUT2D eigenvalue weighted by Crippen LogP contribution is 2.20. The van der Waals surface area contributed by atoms with Gasteiger partial charge in [0.2, 0.25) is 5.43 Å². The summed E-state index contributed by atoms with van der Waals surface area (Å²) in [7, 11) is 0. The lowest BCUT2D eigenvalue weighted by molar-refractivity contribution is 0.798. The Labute approximate surface area is 125 Å². The molecule has 0 aliphatic carbocycles. The lowest BCUT2D eigenvalue weighted by Gasteiger charge is -2.12. The van der Waals surface area contributed by atoms with Crippen LogP contribution in [-0.2, 0) is 0 Å². The number of aryl methyl sites for hydroxylation is 2. The molecule has 0 bridgehead atoms. The Kier molecular flexibility index (Phi) is 3.31. The van der Waals surface area contributed by atoms with Gasteiger partial charge < -0.3 is 5.73 Å². The number of hydrogen-bond acceptors (Lipinski definition) is 5. The molecule has 0 aliphatic rings. The fourth-order valence-electron chi connectivity index (χ4n) is 2.17. The molecule has 3 aromatic rings. The van der Waals surface area contributed by atoms with E-state index in [1.807, 2.05) is 38.1 Å². The number of rotatable bonds is 2. The summed E-state index contributed by atoms with van der Waals surface area (Å²) in [4.78, 5) is 16.3. The third-order valence-corrected chi connectivity index (χ3v) is 3.89. The van der Waals surface area contributed by atoms with Gasteiger partial charge in [-0.25, -0.2) is 9.67 Å². The molecule has 21 heavy (non-hydrogen) atoms. The molecule has 0 amide bonds. The highest BCUT2D eigenvalue weighted by molar-refractivity contribution is 7.13. The Bertz CT molecular complexity index is 866. The van der Waals surface area contributed by atoms with E-state index in [1.165, 1.54) is 11.3 Å². The SMILES string of the molecule is Cc1ccccc1-n1nc(-c2csc(N)n2)c(=O)cc1C. The second-order valence-corrected chi connectivity index (χ2v) is 5.66. The monoisotopic (exact) mass is 298 g/mol. The van der Waals surface area contributed by atoms with E-state index >= 15 is 0 Å². The zero-order valence-electron chi connectivity index (χ0n) is 11.7. The number of nitrogens with zero attached hydrogens (tertiary/aromatic N) is 3. The van der Waals surface area contributed by atoms with Gasteiger partial charge in [-0.1, -0.05) is 18.2 Å². The molecule has 106 valence electrons. The molecule has 0 atom stereocenters. The molecular weight excluding hydrogens is 284 g/mol. The molecule has 5 nitrogen and oxygen atoms in total. The Morgan fingerprint density at radius 1 is 1.24 bits per heavy atom. The number of para-hydroxylation sites is 1. The molecule has 2 aromatic heterocycles. The predicted molar refractivity (Wildman–Crippen MR) is 84.8 cm³/mol. The zero-order chi connectivity index (χ0) is 15.0. The molecule has 0 spiro atoms. The minimum absolute atomic E-state index is 0.150. The van der Waals surface area contributed by atoms with Crippen LogP contribution in [0.4, 0.5) is 5.13 Å². The summed E-state index contributed by atoms with van der Waals surface area (Å²) in [6.07, 6.45) is 0. The Morgan fingerprint density at radius 3 is 2.67 bits per heavy atom. The minimum atomic E-state index is -0.150. The van der Waals surface area contributed by atoms with Crippen molar-refractivity contribution in [3.63, 3.8) is 0 Å². The van der Waals surface area contributed by atoms with Crippen molar-refractivity contribution in [2.45, 2.75) is 13.8 Å². The zero-order valence-corrected chi connectivity index (χ0v) is 12.5. The van der Waals surface area contributed by atoms with Crippen LogP contribution >= 0.6 is 11.3 Å². The molecular formula is C15H14N4OS. The second-order valence-electron chi connectivity index (χ2n) is 4.77. The number of thiazole rings is 1. The van der Waals surface area contributed by atoms with Crippen LogP contribution in [0, 0.1) is 13.8 Å². The molecule has 0 saturated heterocycles. The number of nitrogen functional groups attached to an aromatic ring is 1. The normalized spacial score (nSPS) is 10.8. The van der Waals surface area contributed by atoms with Gasteiger partial charge in [0.1, 0.15) is 5.69 Å². The lowest BCUT2D eigenvalue weighted by atomic mass is 10.2. The fraction of sp³-hybridized carbons (Fsp3) is 0.133. The van der Waals surface area contributed by atoms with Crippen LogP contribution in [-0.4, -0.2) is 14.8 Å². The first-order chi connectivity index (χ1) is 10.1. The summed E-state index contributed by atoms with van der Waals surface area (Å²) in [5, 5.41) is 6.65. The van der Waals surface area contributed by atoms with Crippen molar-refractivity contribution in [3.05, 3.63) is 57.2 Å². The minimum Gasteiger partial charge on any atom is -0.375 e. The smallest absolute Gasteiger partial charge is 0.210 e. The first-order valence-electron chi connectivity index (χ1n) is 6.44. The molecule has 0 unspecified atom stereocenters. The largest absolute Gasteiger partial charge is 0.375 e. The topological polar surface area (TPSA) is 73.8 Å². The second kappa shape index (κ2) is 5.14. The van der Waals surface area contributed by atoms with E-state index in [9.17, 15) is 4.79 Å². The van der Waals surface area contributed by atoms with E-state index in [0.29, 0.717) is 16.5 Å². The summed E-state index contributed by atoms with van der Waals surface area (Å²) < 4.78 is 1.77. The van der Waals surface area contributed by atoms with Crippen LogP contribution in [0.5, 0.6) is 0 Å². The van der Waals surface area contributed by atoms with Gasteiger partial charge in [-0.05, 0) is 25.5 Å². The number of benzene rings is 1. The maximum absolute atomic E-state index is 12.2. The van der Waals surface area contributed by atoms with Crippen molar-refractivity contribution in [3.8, 4) is 17.1 Å². The van der Waals surface area contributed by atoms with Crippen molar-refractivity contribution in [1.29, 1.82) is 0 Å². The number of hydrogen-bond donors (Lipinski definition) is 1. The highest BCUT2D eigenvalue weighted by atomic mass is 32.1. The fourth-order valence-corrected chi connectivity index (χ4v) is 2.71. The summed E-state index contributed by atoms with van der Waals surface area (Å²) in [6, 6.07) is 9.47. The molecule has 1 aromatic carbocycles. The average molecular weight is 298 g/mol. The molecule has 2 N–H and O–H groups in total. The van der Waals surface area contributed by atoms with Crippen LogP contribution in [0.1, 0.15) is 11.3 Å². The molecule has 6 heteroatoms. The average Bonchev–Trinajstić information content (AvgIpc) is 2.86. The molecule has 0 aliphatic heterocycles. The van der Waals surface area contributed by atoms with E-state index in [1.54, 1.807) is 16.1 Å². The van der Waals surface area contributed by atoms with Gasteiger partial charge in [-0.15, -0.1) is 11.3 Å². The van der Waals surface area contributed by atoms with Gasteiger partial charge in [-0.2, -0.15) is 5.10 Å².